The van der Waals surface area contributed by atoms with Crippen LogP contribution in [-0.2, 0) is 6.18 Å². The number of halogens is 3. The first kappa shape index (κ1) is 19.1. The molecule has 9 nitrogen and oxygen atoms in total. The van der Waals surface area contributed by atoms with Crippen LogP contribution >= 0.6 is 0 Å². The summed E-state index contributed by atoms with van der Waals surface area (Å²) in [5.41, 5.74) is -2.24. The summed E-state index contributed by atoms with van der Waals surface area (Å²) in [6.07, 6.45) is -4.70. The summed E-state index contributed by atoms with van der Waals surface area (Å²) in [4.78, 5) is 17.8. The summed E-state index contributed by atoms with van der Waals surface area (Å²) >= 11 is 0. The predicted molar refractivity (Wildman–Crippen MR) is 87.4 cm³/mol. The van der Waals surface area contributed by atoms with E-state index >= 15 is 0 Å². The molecule has 0 aliphatic carbocycles. The van der Waals surface area contributed by atoms with Gasteiger partial charge in [0.1, 0.15) is 0 Å². The molecule has 0 amide bonds. The van der Waals surface area contributed by atoms with Gasteiger partial charge in [-0.15, -0.1) is 0 Å². The first-order chi connectivity index (χ1) is 13.0. The van der Waals surface area contributed by atoms with Crippen LogP contribution in [0.3, 0.4) is 0 Å². The molecule has 0 bridgehead atoms. The van der Waals surface area contributed by atoms with Crippen LogP contribution < -0.4 is 0 Å². The minimum atomic E-state index is -4.70. The van der Waals surface area contributed by atoms with E-state index in [-0.39, 0.29) is 22.8 Å². The average Bonchev–Trinajstić information content (AvgIpc) is 3.05. The quantitative estimate of drug-likeness (QED) is 0.388. The fraction of sp³-hybridized carbons (Fsp3) is 0.188. The molecule has 146 valence electrons. The van der Waals surface area contributed by atoms with Gasteiger partial charge in [0.15, 0.2) is 5.75 Å². The van der Waals surface area contributed by atoms with Gasteiger partial charge in [-0.25, -0.2) is 0 Å². The second kappa shape index (κ2) is 6.48. The summed E-state index contributed by atoms with van der Waals surface area (Å²) in [6.45, 7) is 2.76. The van der Waals surface area contributed by atoms with E-state index in [1.807, 2.05) is 0 Å². The van der Waals surface area contributed by atoms with Gasteiger partial charge in [-0.3, -0.25) is 15.1 Å². The van der Waals surface area contributed by atoms with Crippen molar-refractivity contribution < 1.29 is 32.8 Å². The first-order valence-corrected chi connectivity index (χ1v) is 7.59. The Morgan fingerprint density at radius 2 is 1.82 bits per heavy atom. The van der Waals surface area contributed by atoms with E-state index in [9.17, 15) is 33.5 Å². The Kier molecular flexibility index (Phi) is 4.41. The zero-order valence-corrected chi connectivity index (χ0v) is 14.3. The number of aromatic nitrogens is 3. The molecule has 0 spiro atoms. The summed E-state index contributed by atoms with van der Waals surface area (Å²) in [5, 5.41) is 33.6. The normalized spacial score (nSPS) is 11.6. The molecule has 0 saturated carbocycles. The molecule has 0 atom stereocenters. The minimum absolute atomic E-state index is 0.0132. The van der Waals surface area contributed by atoms with Crippen LogP contribution in [-0.4, -0.2) is 30.3 Å². The van der Waals surface area contributed by atoms with Crippen molar-refractivity contribution in [2.75, 3.05) is 0 Å². The lowest BCUT2D eigenvalue weighted by Gasteiger charge is -2.13. The number of nitro benzene ring substituents is 1. The number of pyridine rings is 1. The topological polar surface area (TPSA) is 135 Å². The number of rotatable bonds is 3. The molecule has 0 radical (unpaired) electrons. The lowest BCUT2D eigenvalue weighted by atomic mass is 10.0. The lowest BCUT2D eigenvalue weighted by Crippen LogP contribution is -2.10. The van der Waals surface area contributed by atoms with Crippen LogP contribution in [0, 0.1) is 24.0 Å². The third-order valence-corrected chi connectivity index (χ3v) is 3.80. The number of benzene rings is 1. The summed E-state index contributed by atoms with van der Waals surface area (Å²) in [5.74, 6) is -2.61. The number of phenols is 2. The fourth-order valence-electron chi connectivity index (χ4n) is 2.64. The highest BCUT2D eigenvalue weighted by Crippen LogP contribution is 2.41. The molecular formula is C16H11F3N4O5. The molecule has 3 aromatic rings. The van der Waals surface area contributed by atoms with Gasteiger partial charge < -0.3 is 14.7 Å². The van der Waals surface area contributed by atoms with E-state index in [2.05, 4.69) is 15.1 Å². The van der Waals surface area contributed by atoms with E-state index in [4.69, 9.17) is 4.52 Å². The number of hydrogen-bond donors (Lipinski definition) is 2. The molecule has 2 heterocycles. The molecule has 2 N–H and O–H groups in total. The molecule has 0 aliphatic heterocycles. The maximum atomic E-state index is 13.4. The van der Waals surface area contributed by atoms with Crippen molar-refractivity contribution in [1.29, 1.82) is 0 Å². The molecule has 12 heteroatoms. The van der Waals surface area contributed by atoms with E-state index in [1.165, 1.54) is 13.8 Å². The van der Waals surface area contributed by atoms with Crippen LogP contribution in [0.1, 0.15) is 17.0 Å². The van der Waals surface area contributed by atoms with Crippen molar-refractivity contribution in [3.8, 4) is 34.3 Å². The highest BCUT2D eigenvalue weighted by atomic mass is 19.4. The van der Waals surface area contributed by atoms with E-state index in [1.54, 1.807) is 0 Å². The van der Waals surface area contributed by atoms with E-state index in [0.717, 1.165) is 18.2 Å². The van der Waals surface area contributed by atoms with Crippen LogP contribution in [0.25, 0.3) is 22.8 Å². The molecule has 2 aromatic heterocycles. The minimum Gasteiger partial charge on any atom is -0.504 e. The lowest BCUT2D eigenvalue weighted by molar-refractivity contribution is -0.385. The SMILES string of the molecule is Cc1cc(C(F)(F)F)c(-c2noc(-c3cc(O)c(O)c([N+](=O)[O-])c3)n2)c(C)n1. The Balaban J connectivity index is 2.16. The number of alkyl halides is 3. The van der Waals surface area contributed by atoms with Gasteiger partial charge in [-0.05, 0) is 26.0 Å². The van der Waals surface area contributed by atoms with E-state index < -0.39 is 45.2 Å². The van der Waals surface area contributed by atoms with Crippen molar-refractivity contribution in [3.63, 3.8) is 0 Å². The number of aromatic hydroxyl groups is 2. The Labute approximate surface area is 154 Å². The van der Waals surface area contributed by atoms with Crippen molar-refractivity contribution >= 4 is 5.69 Å². The zero-order valence-electron chi connectivity index (χ0n) is 14.3. The summed E-state index contributed by atoms with van der Waals surface area (Å²) in [6, 6.07) is 2.59. The van der Waals surface area contributed by atoms with Crippen molar-refractivity contribution in [1.82, 2.24) is 15.1 Å². The summed E-state index contributed by atoms with van der Waals surface area (Å²) in [7, 11) is 0. The Bertz CT molecular complexity index is 1090. The molecule has 28 heavy (non-hydrogen) atoms. The number of hydrogen-bond acceptors (Lipinski definition) is 8. The van der Waals surface area contributed by atoms with Gasteiger partial charge in [0.2, 0.25) is 11.6 Å². The maximum Gasteiger partial charge on any atom is 0.417 e. The van der Waals surface area contributed by atoms with Gasteiger partial charge in [-0.1, -0.05) is 5.16 Å². The predicted octanol–water partition coefficient (Wildman–Crippen LogP) is 3.75. The third kappa shape index (κ3) is 3.31. The number of nitrogens with zero attached hydrogens (tertiary/aromatic N) is 4. The average molecular weight is 396 g/mol. The van der Waals surface area contributed by atoms with Crippen molar-refractivity contribution in [2.24, 2.45) is 0 Å². The molecule has 0 saturated heterocycles. The van der Waals surface area contributed by atoms with Gasteiger partial charge >= 0.3 is 11.9 Å². The molecular weight excluding hydrogens is 385 g/mol. The number of aryl methyl sites for hydroxylation is 2. The Morgan fingerprint density at radius 1 is 1.14 bits per heavy atom. The van der Waals surface area contributed by atoms with Gasteiger partial charge in [0, 0.05) is 17.5 Å². The highest BCUT2D eigenvalue weighted by Gasteiger charge is 2.36. The standard InChI is InChI=1S/C16H11F3N4O5/c1-6-3-9(16(17,18)19)12(7(2)20-6)14-21-15(28-22-14)8-4-10(23(26)27)13(25)11(24)5-8/h3-5,24-25H,1-2H3. The molecule has 0 unspecified atom stereocenters. The fourth-order valence-corrected chi connectivity index (χ4v) is 2.64. The Morgan fingerprint density at radius 3 is 2.43 bits per heavy atom. The second-order valence-electron chi connectivity index (χ2n) is 5.81. The van der Waals surface area contributed by atoms with Crippen LogP contribution in [0.2, 0.25) is 0 Å². The first-order valence-electron chi connectivity index (χ1n) is 7.59. The monoisotopic (exact) mass is 396 g/mol. The van der Waals surface area contributed by atoms with Gasteiger partial charge in [-0.2, -0.15) is 18.2 Å². The van der Waals surface area contributed by atoms with E-state index in [0.29, 0.717) is 0 Å². The number of nitro groups is 1. The second-order valence-corrected chi connectivity index (χ2v) is 5.81. The third-order valence-electron chi connectivity index (χ3n) is 3.80. The highest BCUT2D eigenvalue weighted by molar-refractivity contribution is 5.70. The molecule has 0 fully saturated rings. The molecule has 0 aliphatic rings. The van der Waals surface area contributed by atoms with Crippen molar-refractivity contribution in [2.45, 2.75) is 20.0 Å². The molecule has 3 rings (SSSR count). The van der Waals surface area contributed by atoms with Crippen LogP contribution in [0.15, 0.2) is 22.7 Å². The largest absolute Gasteiger partial charge is 0.504 e. The van der Waals surface area contributed by atoms with Crippen LogP contribution in [0.5, 0.6) is 11.5 Å². The van der Waals surface area contributed by atoms with Gasteiger partial charge in [0.05, 0.1) is 21.6 Å². The molecule has 1 aromatic carbocycles. The maximum absolute atomic E-state index is 13.4. The van der Waals surface area contributed by atoms with Crippen molar-refractivity contribution in [3.05, 3.63) is 45.3 Å². The summed E-state index contributed by atoms with van der Waals surface area (Å²) < 4.78 is 45.2. The van der Waals surface area contributed by atoms with Crippen LogP contribution in [0.4, 0.5) is 18.9 Å². The zero-order chi connectivity index (χ0) is 20.8. The number of phenolic OH excluding ortho intramolecular Hbond substituents is 2. The smallest absolute Gasteiger partial charge is 0.417 e. The van der Waals surface area contributed by atoms with Gasteiger partial charge in [0.25, 0.3) is 5.89 Å². The Hall–Kier alpha value is -3.70.